The molecule has 168 valence electrons. The lowest BCUT2D eigenvalue weighted by atomic mass is 9.76. The fourth-order valence-electron chi connectivity index (χ4n) is 4.52. The number of oxazole rings is 1. The molecule has 1 fully saturated rings. The van der Waals surface area contributed by atoms with E-state index in [1.807, 2.05) is 11.6 Å². The number of aryl methyl sites for hydroxylation is 4. The third-order valence-corrected chi connectivity index (χ3v) is 6.26. The van der Waals surface area contributed by atoms with Crippen molar-refractivity contribution in [2.45, 2.75) is 59.4 Å². The lowest BCUT2D eigenvalue weighted by Crippen LogP contribution is -2.40. The van der Waals surface area contributed by atoms with Gasteiger partial charge in [-0.1, -0.05) is 6.92 Å². The number of aromatic nitrogens is 3. The number of carbonyl (C=O) groups excluding carboxylic acids is 2. The van der Waals surface area contributed by atoms with Gasteiger partial charge in [-0.2, -0.15) is 5.10 Å². The maximum absolute atomic E-state index is 12.9. The van der Waals surface area contributed by atoms with E-state index >= 15 is 0 Å². The number of esters is 1. The number of amides is 1. The first-order valence-electron chi connectivity index (χ1n) is 11.0. The zero-order valence-corrected chi connectivity index (χ0v) is 18.5. The lowest BCUT2D eigenvalue weighted by Gasteiger charge is -2.36. The predicted octanol–water partition coefficient (Wildman–Crippen LogP) is 2.38. The molecule has 0 unspecified atom stereocenters. The van der Waals surface area contributed by atoms with E-state index in [1.165, 1.54) is 0 Å². The molecule has 2 aromatic heterocycles. The van der Waals surface area contributed by atoms with Crippen LogP contribution in [0.1, 0.15) is 70.1 Å². The Kier molecular flexibility index (Phi) is 6.13. The molecular weight excluding hydrogens is 400 g/mol. The number of rotatable bonds is 6. The maximum Gasteiger partial charge on any atom is 0.360 e. The summed E-state index contributed by atoms with van der Waals surface area (Å²) in [5, 5.41) is 7.85. The van der Waals surface area contributed by atoms with E-state index in [-0.39, 0.29) is 23.6 Å². The molecule has 9 heteroatoms. The maximum atomic E-state index is 12.9. The van der Waals surface area contributed by atoms with Crippen molar-refractivity contribution in [2.75, 3.05) is 26.4 Å². The van der Waals surface area contributed by atoms with Crippen LogP contribution in [0.4, 0.5) is 0 Å². The molecule has 1 saturated heterocycles. The number of nitrogens with zero attached hydrogens (tertiary/aromatic N) is 3. The van der Waals surface area contributed by atoms with Crippen LogP contribution in [-0.4, -0.2) is 53.0 Å². The number of carbonyl (C=O) groups is 2. The molecule has 2 aliphatic heterocycles. The van der Waals surface area contributed by atoms with Crippen molar-refractivity contribution in [1.29, 1.82) is 0 Å². The fourth-order valence-corrected chi connectivity index (χ4v) is 4.52. The van der Waals surface area contributed by atoms with Crippen molar-refractivity contribution in [1.82, 2.24) is 20.1 Å². The summed E-state index contributed by atoms with van der Waals surface area (Å²) in [6.45, 7) is 8.32. The molecule has 2 aromatic rings. The minimum atomic E-state index is -0.483. The Morgan fingerprint density at radius 3 is 2.74 bits per heavy atom. The van der Waals surface area contributed by atoms with Crippen LogP contribution in [0.15, 0.2) is 4.42 Å². The van der Waals surface area contributed by atoms with E-state index in [2.05, 4.69) is 10.3 Å². The van der Waals surface area contributed by atoms with Gasteiger partial charge in [0.1, 0.15) is 5.76 Å². The average molecular weight is 431 g/mol. The molecule has 0 atom stereocenters. The largest absolute Gasteiger partial charge is 0.461 e. The molecular formula is C22H30N4O5. The van der Waals surface area contributed by atoms with Gasteiger partial charge in [-0.15, -0.1) is 0 Å². The van der Waals surface area contributed by atoms with Crippen molar-refractivity contribution in [3.05, 3.63) is 34.3 Å². The van der Waals surface area contributed by atoms with Crippen molar-refractivity contribution in [3.8, 4) is 0 Å². The lowest BCUT2D eigenvalue weighted by molar-refractivity contribution is 0.0152. The molecule has 1 spiro atoms. The van der Waals surface area contributed by atoms with Crippen LogP contribution < -0.4 is 5.32 Å². The summed E-state index contributed by atoms with van der Waals surface area (Å²) in [5.74, 6) is 0.379. The number of nitrogens with one attached hydrogen (secondary N) is 1. The zero-order valence-electron chi connectivity index (χ0n) is 18.5. The smallest absolute Gasteiger partial charge is 0.360 e. The normalized spacial score (nSPS) is 17.8. The molecule has 0 aliphatic carbocycles. The highest BCUT2D eigenvalue weighted by molar-refractivity contribution is 5.97. The van der Waals surface area contributed by atoms with E-state index in [0.29, 0.717) is 37.6 Å². The number of fused-ring (bicyclic) bond motifs is 1. The first-order valence-corrected chi connectivity index (χ1v) is 11.0. The molecule has 0 bridgehead atoms. The van der Waals surface area contributed by atoms with Gasteiger partial charge in [-0.3, -0.25) is 9.48 Å². The molecule has 31 heavy (non-hydrogen) atoms. The monoisotopic (exact) mass is 430 g/mol. The van der Waals surface area contributed by atoms with Gasteiger partial charge in [0, 0.05) is 39.6 Å². The second-order valence-corrected chi connectivity index (χ2v) is 8.44. The molecule has 4 heterocycles. The van der Waals surface area contributed by atoms with E-state index in [1.54, 1.807) is 13.8 Å². The van der Waals surface area contributed by atoms with Gasteiger partial charge in [0.05, 0.1) is 23.6 Å². The number of ether oxygens (including phenoxy) is 2. The topological polar surface area (TPSA) is 108 Å². The highest BCUT2D eigenvalue weighted by atomic mass is 16.5. The van der Waals surface area contributed by atoms with Gasteiger partial charge in [-0.05, 0) is 38.0 Å². The Hall–Kier alpha value is -2.68. The van der Waals surface area contributed by atoms with Crippen LogP contribution in [0.2, 0.25) is 0 Å². The molecule has 0 radical (unpaired) electrons. The summed E-state index contributed by atoms with van der Waals surface area (Å²) >= 11 is 0. The summed E-state index contributed by atoms with van der Waals surface area (Å²) in [6, 6.07) is 0. The molecule has 4 rings (SSSR count). The highest BCUT2D eigenvalue weighted by Crippen LogP contribution is 2.37. The van der Waals surface area contributed by atoms with Crippen LogP contribution in [0.25, 0.3) is 0 Å². The first kappa shape index (κ1) is 21.5. The number of hydrogen-bond acceptors (Lipinski definition) is 7. The average Bonchev–Trinajstić information content (AvgIpc) is 3.24. The van der Waals surface area contributed by atoms with Crippen molar-refractivity contribution < 1.29 is 23.5 Å². The quantitative estimate of drug-likeness (QED) is 0.554. The van der Waals surface area contributed by atoms with Crippen molar-refractivity contribution in [2.24, 2.45) is 5.41 Å². The van der Waals surface area contributed by atoms with E-state index in [0.717, 1.165) is 49.4 Å². The third-order valence-electron chi connectivity index (χ3n) is 6.26. The van der Waals surface area contributed by atoms with Gasteiger partial charge in [0.2, 0.25) is 0 Å². The van der Waals surface area contributed by atoms with E-state index < -0.39 is 5.97 Å². The van der Waals surface area contributed by atoms with Gasteiger partial charge in [0.25, 0.3) is 5.91 Å². The zero-order chi connectivity index (χ0) is 22.0. The minimum absolute atomic E-state index is 0.0107. The summed E-state index contributed by atoms with van der Waals surface area (Å²) in [5.41, 5.74) is 2.76. The van der Waals surface area contributed by atoms with Gasteiger partial charge >= 0.3 is 5.97 Å². The van der Waals surface area contributed by atoms with Crippen LogP contribution in [0, 0.1) is 19.3 Å². The van der Waals surface area contributed by atoms with Crippen LogP contribution in [-0.2, 0) is 28.9 Å². The molecule has 1 N–H and O–H groups in total. The van der Waals surface area contributed by atoms with Crippen molar-refractivity contribution >= 4 is 11.9 Å². The van der Waals surface area contributed by atoms with Gasteiger partial charge < -0.3 is 19.2 Å². The van der Waals surface area contributed by atoms with E-state index in [4.69, 9.17) is 19.0 Å². The molecule has 1 amide bonds. The Labute approximate surface area is 181 Å². The van der Waals surface area contributed by atoms with Gasteiger partial charge in [0.15, 0.2) is 11.6 Å². The second kappa shape index (κ2) is 8.82. The molecule has 2 aliphatic rings. The van der Waals surface area contributed by atoms with Crippen molar-refractivity contribution in [3.63, 3.8) is 0 Å². The highest BCUT2D eigenvalue weighted by Gasteiger charge is 2.39. The van der Waals surface area contributed by atoms with Gasteiger partial charge in [-0.25, -0.2) is 9.78 Å². The first-order chi connectivity index (χ1) is 14.9. The molecule has 0 aromatic carbocycles. The van der Waals surface area contributed by atoms with Crippen LogP contribution in [0.5, 0.6) is 0 Å². The predicted molar refractivity (Wildman–Crippen MR) is 111 cm³/mol. The standard InChI is InChI=1S/C22H30N4O5/c1-4-16-18-17(12-22(13-23-20(18)27)6-10-29-11-7-22)26(25-16)8-5-9-30-21(28)19-14(2)31-15(3)24-19/h4-13H2,1-3H3,(H,23,27). The minimum Gasteiger partial charge on any atom is -0.461 e. The molecule has 0 saturated carbocycles. The Morgan fingerprint density at radius 2 is 2.06 bits per heavy atom. The Balaban J connectivity index is 1.46. The summed E-state index contributed by atoms with van der Waals surface area (Å²) in [6.07, 6.45) is 3.94. The van der Waals surface area contributed by atoms with Crippen LogP contribution >= 0.6 is 0 Å². The van der Waals surface area contributed by atoms with E-state index in [9.17, 15) is 9.59 Å². The fraction of sp³-hybridized carbons (Fsp3) is 0.636. The summed E-state index contributed by atoms with van der Waals surface area (Å²) in [7, 11) is 0. The number of hydrogen-bond donors (Lipinski definition) is 1. The Bertz CT molecular complexity index is 971. The summed E-state index contributed by atoms with van der Waals surface area (Å²) < 4.78 is 18.2. The molecule has 9 nitrogen and oxygen atoms in total. The third kappa shape index (κ3) is 4.37. The second-order valence-electron chi connectivity index (χ2n) is 8.44. The van der Waals surface area contributed by atoms with Crippen LogP contribution in [0.3, 0.4) is 0 Å². The SMILES string of the molecule is CCc1nn(CCCOC(=O)c2nc(C)oc2C)c2c1C(=O)NCC1(CCOCC1)C2. The summed E-state index contributed by atoms with van der Waals surface area (Å²) in [4.78, 5) is 29.2. The Morgan fingerprint density at radius 1 is 1.29 bits per heavy atom.